The largest absolute Gasteiger partial charge is 0.339 e. The van der Waals surface area contributed by atoms with Gasteiger partial charge in [-0.05, 0) is 56.2 Å². The molecule has 0 aliphatic carbocycles. The summed E-state index contributed by atoms with van der Waals surface area (Å²) < 4.78 is 1.74. The molecule has 3 rings (SSSR count). The van der Waals surface area contributed by atoms with E-state index in [0.29, 0.717) is 34.9 Å². The van der Waals surface area contributed by atoms with Crippen molar-refractivity contribution in [2.45, 2.75) is 33.6 Å². The molecule has 1 N–H and O–H groups in total. The van der Waals surface area contributed by atoms with E-state index in [1.807, 2.05) is 45.9 Å². The van der Waals surface area contributed by atoms with Gasteiger partial charge in [-0.2, -0.15) is 5.10 Å². The number of carbonyl (C=O) groups is 2. The van der Waals surface area contributed by atoms with E-state index in [2.05, 4.69) is 10.4 Å². The third-order valence-electron chi connectivity index (χ3n) is 5.07. The predicted octanol–water partition coefficient (Wildman–Crippen LogP) is 5.38. The van der Waals surface area contributed by atoms with Gasteiger partial charge in [-0.25, -0.2) is 4.68 Å². The van der Waals surface area contributed by atoms with Crippen LogP contribution in [0.1, 0.15) is 60.0 Å². The normalized spacial score (nSPS) is 10.9. The number of halogens is 1. The van der Waals surface area contributed by atoms with Gasteiger partial charge in [0.1, 0.15) is 0 Å². The monoisotopic (exact) mass is 438 g/mol. The van der Waals surface area contributed by atoms with E-state index in [1.54, 1.807) is 46.1 Å². The third-order valence-corrected chi connectivity index (χ3v) is 5.30. The molecule has 0 aliphatic rings. The Morgan fingerprint density at radius 1 is 1.10 bits per heavy atom. The lowest BCUT2D eigenvalue weighted by Crippen LogP contribution is -2.30. The van der Waals surface area contributed by atoms with Crippen molar-refractivity contribution in [3.63, 3.8) is 0 Å². The second-order valence-electron chi connectivity index (χ2n) is 7.50. The molecule has 31 heavy (non-hydrogen) atoms. The average Bonchev–Trinajstić information content (AvgIpc) is 3.20. The van der Waals surface area contributed by atoms with Gasteiger partial charge in [0.2, 0.25) is 0 Å². The molecule has 0 aliphatic heterocycles. The van der Waals surface area contributed by atoms with Crippen LogP contribution in [0.2, 0.25) is 5.02 Å². The summed E-state index contributed by atoms with van der Waals surface area (Å²) in [5, 5.41) is 7.95. The number of aromatic nitrogens is 2. The summed E-state index contributed by atoms with van der Waals surface area (Å²) in [7, 11) is 0. The van der Waals surface area contributed by atoms with Crippen LogP contribution in [0.25, 0.3) is 5.69 Å². The fourth-order valence-corrected chi connectivity index (χ4v) is 3.71. The van der Waals surface area contributed by atoms with Crippen LogP contribution in [0.15, 0.2) is 54.7 Å². The molecule has 0 spiro atoms. The summed E-state index contributed by atoms with van der Waals surface area (Å²) in [4.78, 5) is 27.5. The fourth-order valence-electron chi connectivity index (χ4n) is 3.52. The number of benzene rings is 2. The number of amides is 2. The lowest BCUT2D eigenvalue weighted by Gasteiger charge is -2.19. The lowest BCUT2D eigenvalue weighted by molar-refractivity contribution is 0.0772. The zero-order chi connectivity index (χ0) is 22.5. The van der Waals surface area contributed by atoms with Gasteiger partial charge < -0.3 is 10.2 Å². The Kier molecular flexibility index (Phi) is 7.13. The maximum atomic E-state index is 13.1. The van der Waals surface area contributed by atoms with Crippen LogP contribution >= 0.6 is 11.6 Å². The van der Waals surface area contributed by atoms with E-state index in [9.17, 15) is 9.59 Å². The van der Waals surface area contributed by atoms with Gasteiger partial charge in [0.25, 0.3) is 11.8 Å². The average molecular weight is 439 g/mol. The Morgan fingerprint density at radius 3 is 2.45 bits per heavy atom. The zero-order valence-corrected chi connectivity index (χ0v) is 19.0. The summed E-state index contributed by atoms with van der Waals surface area (Å²) in [6.45, 7) is 9.17. The molecule has 0 saturated carbocycles. The quantitative estimate of drug-likeness (QED) is 0.538. The Balaban J connectivity index is 1.89. The number of rotatable bonds is 7. The van der Waals surface area contributed by atoms with Gasteiger partial charge in [-0.3, -0.25) is 9.59 Å². The van der Waals surface area contributed by atoms with Crippen molar-refractivity contribution in [2.24, 2.45) is 0 Å². The molecule has 0 saturated heterocycles. The van der Waals surface area contributed by atoms with Crippen LogP contribution in [0.5, 0.6) is 0 Å². The van der Waals surface area contributed by atoms with E-state index >= 15 is 0 Å². The number of nitrogens with zero attached hydrogens (tertiary/aromatic N) is 3. The summed E-state index contributed by atoms with van der Waals surface area (Å²) >= 11 is 6.14. The Morgan fingerprint density at radius 2 is 1.81 bits per heavy atom. The van der Waals surface area contributed by atoms with E-state index in [0.717, 1.165) is 11.4 Å². The van der Waals surface area contributed by atoms with Gasteiger partial charge in [0.15, 0.2) is 0 Å². The topological polar surface area (TPSA) is 67.2 Å². The van der Waals surface area contributed by atoms with E-state index in [-0.39, 0.29) is 17.7 Å². The van der Waals surface area contributed by atoms with Crippen molar-refractivity contribution < 1.29 is 9.59 Å². The van der Waals surface area contributed by atoms with Crippen LogP contribution in [0.3, 0.4) is 0 Å². The highest BCUT2D eigenvalue weighted by Gasteiger charge is 2.21. The maximum Gasteiger partial charge on any atom is 0.259 e. The van der Waals surface area contributed by atoms with Crippen molar-refractivity contribution >= 4 is 29.1 Å². The molecular weight excluding hydrogens is 412 g/mol. The summed E-state index contributed by atoms with van der Waals surface area (Å²) in [6, 6.07) is 14.4. The van der Waals surface area contributed by atoms with E-state index in [4.69, 9.17) is 11.6 Å². The third kappa shape index (κ3) is 4.97. The van der Waals surface area contributed by atoms with E-state index in [1.165, 1.54) is 0 Å². The zero-order valence-electron chi connectivity index (χ0n) is 18.2. The highest BCUT2D eigenvalue weighted by atomic mass is 35.5. The number of anilines is 1. The summed E-state index contributed by atoms with van der Waals surface area (Å²) in [6.07, 6.45) is 1.57. The first-order chi connectivity index (χ1) is 14.8. The number of carbonyl (C=O) groups excluding carboxylic acids is 2. The molecule has 0 atom stereocenters. The van der Waals surface area contributed by atoms with Crippen molar-refractivity contribution in [3.8, 4) is 5.69 Å². The number of hydrogen-bond acceptors (Lipinski definition) is 3. The van der Waals surface area contributed by atoms with Crippen molar-refractivity contribution in [3.05, 3.63) is 76.6 Å². The first kappa shape index (κ1) is 22.6. The molecule has 2 aromatic carbocycles. The van der Waals surface area contributed by atoms with Crippen LogP contribution in [0.4, 0.5) is 5.69 Å². The molecule has 0 radical (unpaired) electrons. The summed E-state index contributed by atoms with van der Waals surface area (Å²) in [5.74, 6) is -0.278. The first-order valence-electron chi connectivity index (χ1n) is 10.4. The first-order valence-corrected chi connectivity index (χ1v) is 10.8. The maximum absolute atomic E-state index is 13.1. The van der Waals surface area contributed by atoms with Crippen LogP contribution in [-0.2, 0) is 0 Å². The molecule has 3 aromatic rings. The summed E-state index contributed by atoms with van der Waals surface area (Å²) in [5.41, 5.74) is 3.17. The molecule has 2 amide bonds. The molecule has 1 heterocycles. The smallest absolute Gasteiger partial charge is 0.259 e. The van der Waals surface area contributed by atoms with Gasteiger partial charge in [0.05, 0.1) is 23.1 Å². The number of nitrogens with one attached hydrogen (secondary N) is 1. The SMILES string of the molecule is CCN(CC)C(=O)c1cccc(NC(=O)c2cnn(-c3cccc(Cl)c3)c2C(C)C)c1. The minimum atomic E-state index is -0.274. The molecule has 0 fully saturated rings. The second kappa shape index (κ2) is 9.79. The number of hydrogen-bond donors (Lipinski definition) is 1. The van der Waals surface area contributed by atoms with Crippen LogP contribution < -0.4 is 5.32 Å². The lowest BCUT2D eigenvalue weighted by atomic mass is 10.0. The van der Waals surface area contributed by atoms with Gasteiger partial charge >= 0.3 is 0 Å². The fraction of sp³-hybridized carbons (Fsp3) is 0.292. The van der Waals surface area contributed by atoms with Crippen molar-refractivity contribution in [1.82, 2.24) is 14.7 Å². The van der Waals surface area contributed by atoms with Crippen molar-refractivity contribution in [2.75, 3.05) is 18.4 Å². The Hall–Kier alpha value is -3.12. The molecular formula is C24H27ClN4O2. The molecule has 7 heteroatoms. The molecule has 162 valence electrons. The molecule has 0 bridgehead atoms. The Labute approximate surface area is 187 Å². The van der Waals surface area contributed by atoms with Gasteiger partial charge in [-0.1, -0.05) is 37.6 Å². The Bertz CT molecular complexity index is 1090. The minimum absolute atomic E-state index is 0.0535. The molecule has 1 aromatic heterocycles. The predicted molar refractivity (Wildman–Crippen MR) is 124 cm³/mol. The highest BCUT2D eigenvalue weighted by Crippen LogP contribution is 2.25. The highest BCUT2D eigenvalue weighted by molar-refractivity contribution is 6.30. The van der Waals surface area contributed by atoms with E-state index < -0.39 is 0 Å². The second-order valence-corrected chi connectivity index (χ2v) is 7.94. The minimum Gasteiger partial charge on any atom is -0.339 e. The standard InChI is InChI=1S/C24H27ClN4O2/c1-5-28(6-2)24(31)17-9-7-11-19(13-17)27-23(30)21-15-26-29(22(21)16(3)4)20-12-8-10-18(25)14-20/h7-16H,5-6H2,1-4H3,(H,27,30). The van der Waals surface area contributed by atoms with Gasteiger partial charge in [-0.15, -0.1) is 0 Å². The molecule has 0 unspecified atom stereocenters. The molecule has 6 nitrogen and oxygen atoms in total. The van der Waals surface area contributed by atoms with Crippen molar-refractivity contribution in [1.29, 1.82) is 0 Å². The van der Waals surface area contributed by atoms with Crippen LogP contribution in [-0.4, -0.2) is 39.6 Å². The van der Waals surface area contributed by atoms with Crippen LogP contribution in [0, 0.1) is 0 Å². The van der Waals surface area contributed by atoms with Gasteiger partial charge in [0, 0.05) is 29.4 Å².